The fraction of sp³-hybridized carbons (Fsp3) is 0.385. The zero-order valence-corrected chi connectivity index (χ0v) is 9.23. The summed E-state index contributed by atoms with van der Waals surface area (Å²) in [7, 11) is 0. The highest BCUT2D eigenvalue weighted by Crippen LogP contribution is 2.08. The molecule has 0 rings (SSSR count). The fourth-order valence-electron chi connectivity index (χ4n) is 1.08. The van der Waals surface area contributed by atoms with Gasteiger partial charge in [0.15, 0.2) is 0 Å². The van der Waals surface area contributed by atoms with Gasteiger partial charge in [0, 0.05) is 6.42 Å². The van der Waals surface area contributed by atoms with Crippen molar-refractivity contribution in [1.82, 2.24) is 0 Å². The normalized spacial score (nSPS) is 13.9. The zero-order chi connectivity index (χ0) is 11.5. The Labute approximate surface area is 92.6 Å². The molecule has 0 N–H and O–H groups in total. The van der Waals surface area contributed by atoms with Crippen molar-refractivity contribution < 1.29 is 9.47 Å². The number of ether oxygens (including phenoxy) is 2. The Hall–Kier alpha value is -1.12. The lowest BCUT2D eigenvalue weighted by molar-refractivity contribution is 0.0393. The van der Waals surface area contributed by atoms with Gasteiger partial charge in [-0.2, -0.15) is 0 Å². The van der Waals surface area contributed by atoms with E-state index in [0.717, 1.165) is 0 Å². The smallest absolute Gasteiger partial charge is 0.0785 e. The van der Waals surface area contributed by atoms with E-state index in [-0.39, 0.29) is 12.2 Å². The second-order valence-corrected chi connectivity index (χ2v) is 3.03. The molecule has 0 spiro atoms. The maximum atomic E-state index is 5.46. The van der Waals surface area contributed by atoms with Gasteiger partial charge in [0.25, 0.3) is 0 Å². The highest BCUT2D eigenvalue weighted by atomic mass is 16.5. The van der Waals surface area contributed by atoms with E-state index in [1.807, 2.05) is 0 Å². The summed E-state index contributed by atoms with van der Waals surface area (Å²) in [6.45, 7) is 15.6. The van der Waals surface area contributed by atoms with Crippen molar-refractivity contribution in [3.63, 3.8) is 0 Å². The Bertz CT molecular complexity index is 187. The van der Waals surface area contributed by atoms with E-state index in [1.165, 1.54) is 0 Å². The molecule has 0 aliphatic carbocycles. The minimum absolute atomic E-state index is 0.0317. The van der Waals surface area contributed by atoms with Crippen molar-refractivity contribution in [2.24, 2.45) is 0 Å². The van der Waals surface area contributed by atoms with Crippen LogP contribution in [0.15, 0.2) is 50.6 Å². The number of hydrogen-bond acceptors (Lipinski definition) is 2. The van der Waals surface area contributed by atoms with Crippen LogP contribution >= 0.6 is 0 Å². The van der Waals surface area contributed by atoms with Gasteiger partial charge in [-0.25, -0.2) is 0 Å². The average Bonchev–Trinajstić information content (AvgIpc) is 2.28. The Morgan fingerprint density at radius 3 is 1.47 bits per heavy atom. The SMILES string of the molecule is C=CCO[C@H](C=C)C[C@H](C=C)OCC=C. The predicted molar refractivity (Wildman–Crippen MR) is 64.9 cm³/mol. The van der Waals surface area contributed by atoms with E-state index in [9.17, 15) is 0 Å². The maximum Gasteiger partial charge on any atom is 0.0785 e. The summed E-state index contributed by atoms with van der Waals surface area (Å²) < 4.78 is 10.9. The Kier molecular flexibility index (Phi) is 8.73. The van der Waals surface area contributed by atoms with Crippen LogP contribution in [0.1, 0.15) is 6.42 Å². The van der Waals surface area contributed by atoms with Crippen molar-refractivity contribution in [3.8, 4) is 0 Å². The lowest BCUT2D eigenvalue weighted by atomic mass is 10.1. The first-order chi connectivity index (χ1) is 7.28. The van der Waals surface area contributed by atoms with E-state index in [1.54, 1.807) is 24.3 Å². The molecule has 0 aromatic heterocycles. The van der Waals surface area contributed by atoms with Crippen LogP contribution in [0.25, 0.3) is 0 Å². The predicted octanol–water partition coefficient (Wildman–Crippen LogP) is 2.89. The van der Waals surface area contributed by atoms with Crippen LogP contribution in [0.2, 0.25) is 0 Å². The van der Waals surface area contributed by atoms with Gasteiger partial charge >= 0.3 is 0 Å². The molecule has 0 aromatic rings. The molecular formula is C13H20O2. The average molecular weight is 208 g/mol. The van der Waals surface area contributed by atoms with Crippen molar-refractivity contribution in [2.45, 2.75) is 18.6 Å². The second-order valence-electron chi connectivity index (χ2n) is 3.03. The third-order valence-corrected chi connectivity index (χ3v) is 1.85. The van der Waals surface area contributed by atoms with E-state index in [0.29, 0.717) is 19.6 Å². The van der Waals surface area contributed by atoms with Crippen LogP contribution in [0.4, 0.5) is 0 Å². The molecule has 0 amide bonds. The van der Waals surface area contributed by atoms with Crippen molar-refractivity contribution in [3.05, 3.63) is 50.6 Å². The topological polar surface area (TPSA) is 18.5 Å². The standard InChI is InChI=1S/C13H20O2/c1-5-9-14-12(7-3)11-13(8-4)15-10-6-2/h5-8,12-13H,1-4,9-11H2/t12-,13+. The highest BCUT2D eigenvalue weighted by Gasteiger charge is 2.11. The van der Waals surface area contributed by atoms with Crippen molar-refractivity contribution >= 4 is 0 Å². The molecular weight excluding hydrogens is 188 g/mol. The molecule has 0 saturated heterocycles. The Morgan fingerprint density at radius 1 is 0.800 bits per heavy atom. The van der Waals surface area contributed by atoms with Crippen LogP contribution in [0.3, 0.4) is 0 Å². The summed E-state index contributed by atoms with van der Waals surface area (Å²) in [4.78, 5) is 0. The monoisotopic (exact) mass is 208 g/mol. The van der Waals surface area contributed by atoms with Gasteiger partial charge in [-0.05, 0) is 0 Å². The minimum atomic E-state index is -0.0317. The third-order valence-electron chi connectivity index (χ3n) is 1.85. The number of hydrogen-bond donors (Lipinski definition) is 0. The van der Waals surface area contributed by atoms with E-state index in [2.05, 4.69) is 26.3 Å². The van der Waals surface area contributed by atoms with Gasteiger partial charge in [0.2, 0.25) is 0 Å². The van der Waals surface area contributed by atoms with Gasteiger partial charge in [-0.3, -0.25) is 0 Å². The lowest BCUT2D eigenvalue weighted by Crippen LogP contribution is -2.20. The quantitative estimate of drug-likeness (QED) is 0.514. The van der Waals surface area contributed by atoms with E-state index >= 15 is 0 Å². The maximum absolute atomic E-state index is 5.46. The molecule has 84 valence electrons. The first kappa shape index (κ1) is 13.9. The lowest BCUT2D eigenvalue weighted by Gasteiger charge is -2.18. The van der Waals surface area contributed by atoms with Gasteiger partial charge in [-0.15, -0.1) is 26.3 Å². The summed E-state index contributed by atoms with van der Waals surface area (Å²) in [5, 5.41) is 0. The van der Waals surface area contributed by atoms with Gasteiger partial charge in [0.05, 0.1) is 25.4 Å². The summed E-state index contributed by atoms with van der Waals surface area (Å²) in [5.74, 6) is 0. The van der Waals surface area contributed by atoms with Crippen molar-refractivity contribution in [2.75, 3.05) is 13.2 Å². The van der Waals surface area contributed by atoms with Crippen LogP contribution in [-0.2, 0) is 9.47 Å². The highest BCUT2D eigenvalue weighted by molar-refractivity contribution is 4.90. The first-order valence-corrected chi connectivity index (χ1v) is 4.98. The van der Waals surface area contributed by atoms with Gasteiger partial charge in [0.1, 0.15) is 0 Å². The molecule has 0 aromatic carbocycles. The van der Waals surface area contributed by atoms with Crippen LogP contribution in [0.5, 0.6) is 0 Å². The van der Waals surface area contributed by atoms with Crippen molar-refractivity contribution in [1.29, 1.82) is 0 Å². The third kappa shape index (κ3) is 6.89. The second kappa shape index (κ2) is 9.44. The summed E-state index contributed by atoms with van der Waals surface area (Å²) in [6, 6.07) is 0. The van der Waals surface area contributed by atoms with Crippen LogP contribution in [0, 0.1) is 0 Å². The van der Waals surface area contributed by atoms with E-state index < -0.39 is 0 Å². The Balaban J connectivity index is 3.98. The molecule has 0 fully saturated rings. The molecule has 0 heterocycles. The molecule has 2 nitrogen and oxygen atoms in total. The zero-order valence-electron chi connectivity index (χ0n) is 9.23. The molecule has 15 heavy (non-hydrogen) atoms. The molecule has 0 aliphatic rings. The molecule has 0 radical (unpaired) electrons. The molecule has 0 bridgehead atoms. The molecule has 0 aliphatic heterocycles. The molecule has 0 unspecified atom stereocenters. The summed E-state index contributed by atoms with van der Waals surface area (Å²) >= 11 is 0. The van der Waals surface area contributed by atoms with Crippen LogP contribution in [-0.4, -0.2) is 25.4 Å². The fourth-order valence-corrected chi connectivity index (χ4v) is 1.08. The number of rotatable bonds is 10. The van der Waals surface area contributed by atoms with Crippen LogP contribution < -0.4 is 0 Å². The summed E-state index contributed by atoms with van der Waals surface area (Å²) in [6.07, 6.45) is 7.60. The minimum Gasteiger partial charge on any atom is -0.370 e. The van der Waals surface area contributed by atoms with Gasteiger partial charge in [-0.1, -0.05) is 24.3 Å². The molecule has 0 saturated carbocycles. The summed E-state index contributed by atoms with van der Waals surface area (Å²) in [5.41, 5.74) is 0. The molecule has 2 atom stereocenters. The van der Waals surface area contributed by atoms with E-state index in [4.69, 9.17) is 9.47 Å². The largest absolute Gasteiger partial charge is 0.370 e. The first-order valence-electron chi connectivity index (χ1n) is 4.98. The molecule has 2 heteroatoms. The van der Waals surface area contributed by atoms with Gasteiger partial charge < -0.3 is 9.47 Å². The Morgan fingerprint density at radius 2 is 1.20 bits per heavy atom.